The van der Waals surface area contributed by atoms with Gasteiger partial charge in [-0.3, -0.25) is 9.59 Å². The van der Waals surface area contributed by atoms with E-state index < -0.39 is 11.9 Å². The molecule has 19 heavy (non-hydrogen) atoms. The van der Waals surface area contributed by atoms with E-state index in [4.69, 9.17) is 9.15 Å². The lowest BCUT2D eigenvalue weighted by atomic mass is 9.89. The molecule has 0 amide bonds. The fourth-order valence-electron chi connectivity index (χ4n) is 2.41. The monoisotopic (exact) mass is 256 g/mol. The van der Waals surface area contributed by atoms with Gasteiger partial charge in [-0.25, -0.2) is 0 Å². The van der Waals surface area contributed by atoms with E-state index in [9.17, 15) is 9.59 Å². The van der Waals surface area contributed by atoms with Crippen molar-refractivity contribution in [3.05, 3.63) is 51.9 Å². The smallest absolute Gasteiger partial charge is 0.313 e. The average molecular weight is 256 g/mol. The first-order valence-corrected chi connectivity index (χ1v) is 6.02. The number of esters is 1. The first-order chi connectivity index (χ1) is 9.22. The maximum absolute atomic E-state index is 12.5. The van der Waals surface area contributed by atoms with Gasteiger partial charge in [0, 0.05) is 0 Å². The maximum atomic E-state index is 12.5. The Balaban J connectivity index is 2.32. The van der Waals surface area contributed by atoms with Crippen LogP contribution in [0.15, 0.2) is 39.6 Å². The number of rotatable bonds is 1. The van der Waals surface area contributed by atoms with Gasteiger partial charge in [0.25, 0.3) is 0 Å². The summed E-state index contributed by atoms with van der Waals surface area (Å²) in [6, 6.07) is 7.03. The predicted molar refractivity (Wildman–Crippen MR) is 70.9 cm³/mol. The Labute approximate surface area is 109 Å². The van der Waals surface area contributed by atoms with Crippen LogP contribution in [0.2, 0.25) is 0 Å². The van der Waals surface area contributed by atoms with E-state index in [2.05, 4.69) is 0 Å². The van der Waals surface area contributed by atoms with Crippen molar-refractivity contribution >= 4 is 23.0 Å². The highest BCUT2D eigenvalue weighted by atomic mass is 16.5. The number of hydrogen-bond donors (Lipinski definition) is 0. The van der Waals surface area contributed by atoms with E-state index in [1.54, 1.807) is 24.3 Å². The Bertz CT molecular complexity index is 739. The third-order valence-electron chi connectivity index (χ3n) is 3.34. The molecule has 1 heterocycles. The van der Waals surface area contributed by atoms with Gasteiger partial charge in [-0.05, 0) is 24.6 Å². The van der Waals surface area contributed by atoms with Crippen molar-refractivity contribution in [1.82, 2.24) is 0 Å². The summed E-state index contributed by atoms with van der Waals surface area (Å²) in [6.45, 7) is 0. The zero-order valence-electron chi connectivity index (χ0n) is 10.4. The molecule has 2 aromatic rings. The van der Waals surface area contributed by atoms with Crippen molar-refractivity contribution in [3.8, 4) is 0 Å². The second-order valence-electron chi connectivity index (χ2n) is 4.42. The van der Waals surface area contributed by atoms with Crippen LogP contribution in [0.1, 0.15) is 23.7 Å². The van der Waals surface area contributed by atoms with Gasteiger partial charge in [0.15, 0.2) is 5.43 Å². The highest BCUT2D eigenvalue weighted by molar-refractivity contribution is 5.85. The van der Waals surface area contributed by atoms with Gasteiger partial charge in [0.1, 0.15) is 11.3 Å². The van der Waals surface area contributed by atoms with E-state index in [0.29, 0.717) is 28.7 Å². The van der Waals surface area contributed by atoms with Crippen molar-refractivity contribution in [2.24, 2.45) is 0 Å². The summed E-state index contributed by atoms with van der Waals surface area (Å²) in [5.74, 6) is -0.538. The first kappa shape index (κ1) is 11.7. The van der Waals surface area contributed by atoms with Crippen LogP contribution in [0.4, 0.5) is 0 Å². The van der Waals surface area contributed by atoms with Crippen LogP contribution in [0.5, 0.6) is 0 Å². The molecule has 96 valence electrons. The summed E-state index contributed by atoms with van der Waals surface area (Å²) < 4.78 is 10.5. The van der Waals surface area contributed by atoms with Crippen LogP contribution < -0.4 is 5.43 Å². The van der Waals surface area contributed by atoms with Crippen LogP contribution in [0.25, 0.3) is 17.0 Å². The fourth-order valence-corrected chi connectivity index (χ4v) is 2.41. The molecule has 3 rings (SSSR count). The molecule has 0 saturated carbocycles. The number of benzene rings is 1. The van der Waals surface area contributed by atoms with Crippen molar-refractivity contribution in [2.45, 2.75) is 12.3 Å². The van der Waals surface area contributed by atoms with Crippen LogP contribution in [0.3, 0.4) is 0 Å². The molecule has 1 atom stereocenters. The molecule has 1 unspecified atom stereocenters. The molecule has 1 aliphatic carbocycles. The lowest BCUT2D eigenvalue weighted by molar-refractivity contribution is -0.142. The van der Waals surface area contributed by atoms with Crippen molar-refractivity contribution < 1.29 is 13.9 Å². The molecule has 0 spiro atoms. The van der Waals surface area contributed by atoms with Crippen LogP contribution in [-0.2, 0) is 9.53 Å². The largest absolute Gasteiger partial charge is 0.469 e. The summed E-state index contributed by atoms with van der Waals surface area (Å²) in [5, 5.41) is 0.491. The van der Waals surface area contributed by atoms with Gasteiger partial charge in [-0.15, -0.1) is 0 Å². The summed E-state index contributed by atoms with van der Waals surface area (Å²) in [4.78, 5) is 24.3. The molecule has 4 heteroatoms. The van der Waals surface area contributed by atoms with Crippen LogP contribution in [0, 0.1) is 0 Å². The number of allylic oxidation sites excluding steroid dienone is 1. The number of para-hydroxylation sites is 1. The third kappa shape index (κ3) is 1.76. The minimum absolute atomic E-state index is 0.156. The second-order valence-corrected chi connectivity index (χ2v) is 4.42. The Kier molecular flexibility index (Phi) is 2.71. The molecule has 1 aromatic heterocycles. The number of carbonyl (C=O) groups excluding carboxylic acids is 1. The molecule has 1 aliphatic rings. The summed E-state index contributed by atoms with van der Waals surface area (Å²) >= 11 is 0. The van der Waals surface area contributed by atoms with Crippen molar-refractivity contribution in [3.63, 3.8) is 0 Å². The highest BCUT2D eigenvalue weighted by Crippen LogP contribution is 2.30. The molecule has 1 aromatic carbocycles. The number of ether oxygens (including phenoxy) is 1. The number of fused-ring (bicyclic) bond motifs is 2. The molecular weight excluding hydrogens is 244 g/mol. The van der Waals surface area contributed by atoms with Crippen molar-refractivity contribution in [2.75, 3.05) is 7.11 Å². The molecule has 0 N–H and O–H groups in total. The van der Waals surface area contributed by atoms with E-state index in [-0.39, 0.29) is 5.43 Å². The van der Waals surface area contributed by atoms with Gasteiger partial charge in [-0.2, -0.15) is 0 Å². The van der Waals surface area contributed by atoms with Gasteiger partial charge >= 0.3 is 5.97 Å². The minimum atomic E-state index is -0.578. The fraction of sp³-hybridized carbons (Fsp3) is 0.200. The summed E-state index contributed by atoms with van der Waals surface area (Å²) in [5.41, 5.74) is 0.770. The van der Waals surface area contributed by atoms with Crippen LogP contribution >= 0.6 is 0 Å². The number of carbonyl (C=O) groups is 1. The van der Waals surface area contributed by atoms with Crippen molar-refractivity contribution in [1.29, 1.82) is 0 Å². The van der Waals surface area contributed by atoms with E-state index in [1.807, 2.05) is 12.1 Å². The Morgan fingerprint density at radius 1 is 1.37 bits per heavy atom. The summed E-state index contributed by atoms with van der Waals surface area (Å²) in [6.07, 6.45) is 4.02. The SMILES string of the molecule is COC(=O)C1CC=Cc2oc3ccccc3c(=O)c21. The zero-order valence-corrected chi connectivity index (χ0v) is 10.4. The highest BCUT2D eigenvalue weighted by Gasteiger charge is 2.30. The minimum Gasteiger partial charge on any atom is -0.469 e. The van der Waals surface area contributed by atoms with E-state index in [0.717, 1.165) is 0 Å². The topological polar surface area (TPSA) is 56.5 Å². The molecular formula is C15H12O4. The lowest BCUT2D eigenvalue weighted by Gasteiger charge is -2.18. The Morgan fingerprint density at radius 3 is 2.95 bits per heavy atom. The Hall–Kier alpha value is -2.36. The first-order valence-electron chi connectivity index (χ1n) is 6.02. The number of methoxy groups -OCH3 is 1. The Morgan fingerprint density at radius 2 is 2.16 bits per heavy atom. The predicted octanol–water partition coefficient (Wildman–Crippen LogP) is 2.47. The maximum Gasteiger partial charge on any atom is 0.313 e. The molecule has 0 bridgehead atoms. The third-order valence-corrected chi connectivity index (χ3v) is 3.34. The summed E-state index contributed by atoms with van der Waals surface area (Å²) in [7, 11) is 1.32. The van der Waals surface area contributed by atoms with Gasteiger partial charge in [0.2, 0.25) is 0 Å². The van der Waals surface area contributed by atoms with E-state index >= 15 is 0 Å². The molecule has 0 aliphatic heterocycles. The standard InChI is InChI=1S/C15H12O4/c1-18-15(17)10-6-4-8-12-13(10)14(16)9-5-2-3-7-11(9)19-12/h2-5,7-8,10H,6H2,1H3. The zero-order chi connectivity index (χ0) is 13.4. The van der Waals surface area contributed by atoms with Gasteiger partial charge < -0.3 is 9.15 Å². The molecule has 4 nitrogen and oxygen atoms in total. The number of hydrogen-bond acceptors (Lipinski definition) is 4. The van der Waals surface area contributed by atoms with Gasteiger partial charge in [-0.1, -0.05) is 18.2 Å². The van der Waals surface area contributed by atoms with E-state index in [1.165, 1.54) is 7.11 Å². The molecule has 0 fully saturated rings. The normalized spacial score (nSPS) is 17.2. The van der Waals surface area contributed by atoms with Crippen LogP contribution in [-0.4, -0.2) is 13.1 Å². The molecule has 0 radical (unpaired) electrons. The average Bonchev–Trinajstić information content (AvgIpc) is 2.46. The van der Waals surface area contributed by atoms with Gasteiger partial charge in [0.05, 0.1) is 24.0 Å². The molecule has 0 saturated heterocycles. The second kappa shape index (κ2) is 4.39. The lowest BCUT2D eigenvalue weighted by Crippen LogP contribution is -2.24. The quantitative estimate of drug-likeness (QED) is 0.735.